The molecule has 0 bridgehead atoms. The number of ether oxygens (including phenoxy) is 2. The van der Waals surface area contributed by atoms with E-state index in [2.05, 4.69) is 4.98 Å². The first-order chi connectivity index (χ1) is 16.2. The second kappa shape index (κ2) is 11.2. The lowest BCUT2D eigenvalue weighted by atomic mass is 10.3. The topological polar surface area (TPSA) is 64.5 Å². The Kier molecular flexibility index (Phi) is 7.80. The number of carbonyl (C=O) groups excluding carboxylic acids is 1. The Morgan fingerprint density at radius 1 is 1.09 bits per heavy atom. The van der Waals surface area contributed by atoms with Crippen molar-refractivity contribution in [1.82, 2.24) is 9.97 Å². The summed E-state index contributed by atoms with van der Waals surface area (Å²) in [5, 5.41) is 0.655. The fourth-order valence-corrected chi connectivity index (χ4v) is 5.12. The molecule has 6 nitrogen and oxygen atoms in total. The van der Waals surface area contributed by atoms with Crippen molar-refractivity contribution >= 4 is 44.4 Å². The molecule has 4 aromatic rings. The number of rotatable bonds is 10. The summed E-state index contributed by atoms with van der Waals surface area (Å²) < 4.78 is 11.9. The highest BCUT2D eigenvalue weighted by Gasteiger charge is 2.21. The second-order valence-electron chi connectivity index (χ2n) is 7.11. The van der Waals surface area contributed by atoms with Gasteiger partial charge < -0.3 is 9.47 Å². The molecule has 0 N–H and O–H groups in total. The van der Waals surface area contributed by atoms with Gasteiger partial charge >= 0.3 is 0 Å². The number of hydrogen-bond donors (Lipinski definition) is 0. The minimum Gasteiger partial charge on any atom is -0.497 e. The van der Waals surface area contributed by atoms with Crippen LogP contribution >= 0.6 is 23.1 Å². The highest BCUT2D eigenvalue weighted by Crippen LogP contribution is 2.35. The number of carbonyl (C=O) groups is 1. The standard InChI is InChI=1S/C25H25N3O3S2/c1-3-31-21-8-6-9-22-24(21)27-25(33-22)28(17-18-7-4-5-15-26-18)23(29)14-16-32-20-12-10-19(30-2)11-13-20/h4-13,15H,3,14,16-17H2,1-2H3. The molecule has 33 heavy (non-hydrogen) atoms. The molecule has 0 atom stereocenters. The highest BCUT2D eigenvalue weighted by molar-refractivity contribution is 7.99. The van der Waals surface area contributed by atoms with Crippen LogP contribution in [0.5, 0.6) is 11.5 Å². The summed E-state index contributed by atoms with van der Waals surface area (Å²) in [4.78, 5) is 25.4. The number of hydrogen-bond acceptors (Lipinski definition) is 7. The van der Waals surface area contributed by atoms with Gasteiger partial charge in [-0.05, 0) is 55.5 Å². The van der Waals surface area contributed by atoms with Crippen molar-refractivity contribution in [2.24, 2.45) is 0 Å². The first-order valence-electron chi connectivity index (χ1n) is 10.7. The molecular weight excluding hydrogens is 454 g/mol. The van der Waals surface area contributed by atoms with Crippen molar-refractivity contribution in [3.05, 3.63) is 72.6 Å². The van der Waals surface area contributed by atoms with Gasteiger partial charge in [-0.2, -0.15) is 0 Å². The quantitative estimate of drug-likeness (QED) is 0.267. The number of nitrogens with zero attached hydrogens (tertiary/aromatic N) is 3. The fourth-order valence-electron chi connectivity index (χ4n) is 3.28. The van der Waals surface area contributed by atoms with Gasteiger partial charge in [0.1, 0.15) is 17.0 Å². The maximum Gasteiger partial charge on any atom is 0.229 e. The van der Waals surface area contributed by atoms with Crippen LogP contribution in [0.3, 0.4) is 0 Å². The van der Waals surface area contributed by atoms with Crippen LogP contribution in [0.15, 0.2) is 71.8 Å². The van der Waals surface area contributed by atoms with Gasteiger partial charge in [0.05, 0.1) is 30.7 Å². The number of pyridine rings is 1. The number of anilines is 1. The highest BCUT2D eigenvalue weighted by atomic mass is 32.2. The molecule has 1 amide bonds. The van der Waals surface area contributed by atoms with Gasteiger partial charge in [0, 0.05) is 23.3 Å². The summed E-state index contributed by atoms with van der Waals surface area (Å²) in [5.74, 6) is 2.23. The van der Waals surface area contributed by atoms with E-state index >= 15 is 0 Å². The summed E-state index contributed by atoms with van der Waals surface area (Å²) in [6.07, 6.45) is 2.13. The summed E-state index contributed by atoms with van der Waals surface area (Å²) >= 11 is 3.14. The Labute approximate surface area is 201 Å². The summed E-state index contributed by atoms with van der Waals surface area (Å²) in [6, 6.07) is 19.4. The molecular formula is C25H25N3O3S2. The third-order valence-electron chi connectivity index (χ3n) is 4.89. The first kappa shape index (κ1) is 23.1. The zero-order valence-electron chi connectivity index (χ0n) is 18.6. The maximum absolute atomic E-state index is 13.3. The van der Waals surface area contributed by atoms with Crippen LogP contribution in [0.4, 0.5) is 5.13 Å². The molecule has 4 rings (SSSR count). The molecule has 0 aliphatic carbocycles. The van der Waals surface area contributed by atoms with Crippen LogP contribution in [0.1, 0.15) is 19.0 Å². The third kappa shape index (κ3) is 5.83. The first-order valence-corrected chi connectivity index (χ1v) is 12.5. The number of fused-ring (bicyclic) bond motifs is 1. The minimum absolute atomic E-state index is 0.0127. The molecule has 2 aromatic carbocycles. The number of thioether (sulfide) groups is 1. The van der Waals surface area contributed by atoms with E-state index in [0.717, 1.165) is 32.3 Å². The van der Waals surface area contributed by atoms with E-state index in [0.29, 0.717) is 30.5 Å². The number of aromatic nitrogens is 2. The van der Waals surface area contributed by atoms with Gasteiger partial charge in [0.25, 0.3) is 0 Å². The lowest BCUT2D eigenvalue weighted by Crippen LogP contribution is -2.30. The van der Waals surface area contributed by atoms with E-state index < -0.39 is 0 Å². The predicted octanol–water partition coefficient (Wildman–Crippen LogP) is 5.81. The normalized spacial score (nSPS) is 10.8. The Balaban J connectivity index is 1.53. The molecule has 2 heterocycles. The van der Waals surface area contributed by atoms with Gasteiger partial charge in [-0.15, -0.1) is 11.8 Å². The summed E-state index contributed by atoms with van der Waals surface area (Å²) in [7, 11) is 1.65. The zero-order chi connectivity index (χ0) is 23.0. The SMILES string of the molecule is CCOc1cccc2sc(N(Cc3ccccn3)C(=O)CCSc3ccc(OC)cc3)nc12. The number of amides is 1. The zero-order valence-corrected chi connectivity index (χ0v) is 20.2. The maximum atomic E-state index is 13.3. The molecule has 8 heteroatoms. The molecule has 0 saturated heterocycles. The number of thiazole rings is 1. The minimum atomic E-state index is 0.0127. The van der Waals surface area contributed by atoms with Gasteiger partial charge in [0.2, 0.25) is 5.91 Å². The van der Waals surface area contributed by atoms with E-state index in [1.54, 1.807) is 30.0 Å². The monoisotopic (exact) mass is 479 g/mol. The van der Waals surface area contributed by atoms with Crippen LogP contribution in [0, 0.1) is 0 Å². The van der Waals surface area contributed by atoms with Gasteiger partial charge in [-0.1, -0.05) is 23.5 Å². The Morgan fingerprint density at radius 3 is 2.67 bits per heavy atom. The van der Waals surface area contributed by atoms with E-state index in [1.807, 2.05) is 67.6 Å². The van der Waals surface area contributed by atoms with E-state index in [4.69, 9.17) is 14.5 Å². The third-order valence-corrected chi connectivity index (χ3v) is 6.95. The molecule has 170 valence electrons. The molecule has 0 aliphatic rings. The van der Waals surface area contributed by atoms with Crippen LogP contribution in [-0.4, -0.2) is 35.3 Å². The lowest BCUT2D eigenvalue weighted by molar-refractivity contribution is -0.118. The Bertz CT molecular complexity index is 1200. The van der Waals surface area contributed by atoms with Crippen LogP contribution in [-0.2, 0) is 11.3 Å². The number of methoxy groups -OCH3 is 1. The summed E-state index contributed by atoms with van der Waals surface area (Å²) in [6.45, 7) is 2.88. The average molecular weight is 480 g/mol. The smallest absolute Gasteiger partial charge is 0.229 e. The van der Waals surface area contributed by atoms with E-state index in [-0.39, 0.29) is 5.91 Å². The van der Waals surface area contributed by atoms with Gasteiger partial charge in [0.15, 0.2) is 5.13 Å². The van der Waals surface area contributed by atoms with Crippen LogP contribution in [0.25, 0.3) is 10.2 Å². The predicted molar refractivity (Wildman–Crippen MR) is 135 cm³/mol. The number of benzene rings is 2. The Morgan fingerprint density at radius 2 is 1.94 bits per heavy atom. The van der Waals surface area contributed by atoms with Crippen LogP contribution in [0.2, 0.25) is 0 Å². The van der Waals surface area contributed by atoms with Crippen molar-refractivity contribution in [2.75, 3.05) is 24.4 Å². The average Bonchev–Trinajstić information content (AvgIpc) is 3.29. The van der Waals surface area contributed by atoms with Gasteiger partial charge in [-0.3, -0.25) is 14.7 Å². The molecule has 0 saturated carbocycles. The fraction of sp³-hybridized carbons (Fsp3) is 0.240. The Hall–Kier alpha value is -3.10. The molecule has 0 unspecified atom stereocenters. The van der Waals surface area contributed by atoms with Crippen molar-refractivity contribution in [1.29, 1.82) is 0 Å². The number of para-hydroxylation sites is 1. The lowest BCUT2D eigenvalue weighted by Gasteiger charge is -2.19. The van der Waals surface area contributed by atoms with Crippen molar-refractivity contribution in [3.63, 3.8) is 0 Å². The van der Waals surface area contributed by atoms with Crippen molar-refractivity contribution < 1.29 is 14.3 Å². The second-order valence-corrected chi connectivity index (χ2v) is 9.28. The molecule has 0 radical (unpaired) electrons. The van der Waals surface area contributed by atoms with Crippen molar-refractivity contribution in [3.8, 4) is 11.5 Å². The molecule has 2 aromatic heterocycles. The van der Waals surface area contributed by atoms with E-state index in [1.165, 1.54) is 11.3 Å². The van der Waals surface area contributed by atoms with Gasteiger partial charge in [-0.25, -0.2) is 4.98 Å². The molecule has 0 spiro atoms. The van der Waals surface area contributed by atoms with Crippen LogP contribution < -0.4 is 14.4 Å². The molecule has 0 aliphatic heterocycles. The van der Waals surface area contributed by atoms with Crippen molar-refractivity contribution in [2.45, 2.75) is 24.8 Å². The largest absolute Gasteiger partial charge is 0.497 e. The summed E-state index contributed by atoms with van der Waals surface area (Å²) in [5.41, 5.74) is 1.60. The van der Waals surface area contributed by atoms with E-state index in [9.17, 15) is 4.79 Å². The molecule has 0 fully saturated rings.